The van der Waals surface area contributed by atoms with Crippen LogP contribution in [0.1, 0.15) is 31.9 Å². The van der Waals surface area contributed by atoms with E-state index in [1.165, 1.54) is 22.3 Å². The second-order valence-electron chi connectivity index (χ2n) is 4.95. The van der Waals surface area contributed by atoms with E-state index >= 15 is 0 Å². The summed E-state index contributed by atoms with van der Waals surface area (Å²) < 4.78 is 1.14. The van der Waals surface area contributed by atoms with Crippen LogP contribution in [-0.4, -0.2) is 0 Å². The zero-order valence-electron chi connectivity index (χ0n) is 10.5. The Morgan fingerprint density at radius 3 is 2.65 bits per heavy atom. The molecular weight excluding hydrogens is 272 g/mol. The topological polar surface area (TPSA) is 0 Å². The van der Waals surface area contributed by atoms with Crippen molar-refractivity contribution in [3.8, 4) is 0 Å². The van der Waals surface area contributed by atoms with E-state index in [1.807, 2.05) is 12.2 Å². The van der Waals surface area contributed by atoms with Gasteiger partial charge < -0.3 is 0 Å². The van der Waals surface area contributed by atoms with Crippen LogP contribution in [-0.2, 0) is 5.41 Å². The van der Waals surface area contributed by atoms with Gasteiger partial charge in [0.25, 0.3) is 0 Å². The molecule has 1 heteroatoms. The minimum absolute atomic E-state index is 0.0721. The summed E-state index contributed by atoms with van der Waals surface area (Å²) in [4.78, 5) is 0. The molecule has 0 atom stereocenters. The summed E-state index contributed by atoms with van der Waals surface area (Å²) in [5.41, 5.74) is 5.58. The molecule has 0 saturated carbocycles. The largest absolute Gasteiger partial charge is 0.0991 e. The molecule has 0 aromatic heterocycles. The SMILES string of the molecule is C=C/C=C\C1=C(C)c2ccc(Br)cc2C1(C)C. The Hall–Kier alpha value is -1.08. The predicted octanol–water partition coefficient (Wildman–Crippen LogP) is 5.26. The fourth-order valence-corrected chi connectivity index (χ4v) is 2.98. The van der Waals surface area contributed by atoms with Crippen molar-refractivity contribution in [3.63, 3.8) is 0 Å². The molecule has 0 fully saturated rings. The van der Waals surface area contributed by atoms with E-state index in [9.17, 15) is 0 Å². The van der Waals surface area contributed by atoms with Crippen molar-refractivity contribution in [1.82, 2.24) is 0 Å². The molecule has 0 radical (unpaired) electrons. The number of halogens is 1. The molecule has 0 spiro atoms. The van der Waals surface area contributed by atoms with Crippen molar-refractivity contribution in [1.29, 1.82) is 0 Å². The van der Waals surface area contributed by atoms with E-state index in [4.69, 9.17) is 0 Å². The van der Waals surface area contributed by atoms with Crippen LogP contribution in [0.3, 0.4) is 0 Å². The molecule has 0 aliphatic heterocycles. The van der Waals surface area contributed by atoms with Crippen LogP contribution in [0.2, 0.25) is 0 Å². The first-order valence-corrected chi connectivity index (χ1v) is 6.58. The molecule has 0 amide bonds. The molecule has 0 heterocycles. The van der Waals surface area contributed by atoms with Crippen LogP contribution < -0.4 is 0 Å². The summed E-state index contributed by atoms with van der Waals surface area (Å²) in [6.07, 6.45) is 6.02. The van der Waals surface area contributed by atoms with Gasteiger partial charge in [0.15, 0.2) is 0 Å². The lowest BCUT2D eigenvalue weighted by Gasteiger charge is -2.23. The van der Waals surface area contributed by atoms with E-state index < -0.39 is 0 Å². The van der Waals surface area contributed by atoms with Crippen molar-refractivity contribution in [3.05, 3.63) is 64.2 Å². The van der Waals surface area contributed by atoms with E-state index in [-0.39, 0.29) is 5.41 Å². The summed E-state index contributed by atoms with van der Waals surface area (Å²) in [6.45, 7) is 10.5. The van der Waals surface area contributed by atoms with Gasteiger partial charge in [-0.2, -0.15) is 0 Å². The molecule has 88 valence electrons. The lowest BCUT2D eigenvalue weighted by atomic mass is 9.81. The minimum atomic E-state index is 0.0721. The van der Waals surface area contributed by atoms with Gasteiger partial charge in [-0.05, 0) is 41.3 Å². The van der Waals surface area contributed by atoms with Gasteiger partial charge in [-0.25, -0.2) is 0 Å². The van der Waals surface area contributed by atoms with Crippen molar-refractivity contribution in [2.45, 2.75) is 26.2 Å². The molecule has 0 nitrogen and oxygen atoms in total. The van der Waals surface area contributed by atoms with E-state index in [2.05, 4.69) is 67.6 Å². The Bertz CT molecular complexity index is 530. The summed E-state index contributed by atoms with van der Waals surface area (Å²) >= 11 is 3.56. The normalized spacial score (nSPS) is 17.6. The maximum atomic E-state index is 3.74. The Kier molecular flexibility index (Phi) is 3.13. The summed E-state index contributed by atoms with van der Waals surface area (Å²) in [5, 5.41) is 0. The average molecular weight is 289 g/mol. The van der Waals surface area contributed by atoms with E-state index in [0.29, 0.717) is 0 Å². The number of rotatable bonds is 2. The molecule has 17 heavy (non-hydrogen) atoms. The summed E-state index contributed by atoms with van der Waals surface area (Å²) in [7, 11) is 0. The first-order valence-electron chi connectivity index (χ1n) is 5.79. The van der Waals surface area contributed by atoms with Gasteiger partial charge in [0.05, 0.1) is 0 Å². The first kappa shape index (κ1) is 12.4. The monoisotopic (exact) mass is 288 g/mol. The second kappa shape index (κ2) is 4.30. The third-order valence-electron chi connectivity index (χ3n) is 3.54. The lowest BCUT2D eigenvalue weighted by Crippen LogP contribution is -2.16. The first-order chi connectivity index (χ1) is 7.98. The van der Waals surface area contributed by atoms with Crippen molar-refractivity contribution >= 4 is 21.5 Å². The van der Waals surface area contributed by atoms with Gasteiger partial charge >= 0.3 is 0 Å². The molecular formula is C16H17Br. The Morgan fingerprint density at radius 1 is 1.29 bits per heavy atom. The molecule has 0 N–H and O–H groups in total. The Balaban J connectivity index is 2.63. The molecule has 1 aliphatic rings. The summed E-state index contributed by atoms with van der Waals surface area (Å²) in [6, 6.07) is 6.54. The standard InChI is InChI=1S/C16H17Br/c1-5-6-7-14-11(2)13-9-8-12(17)10-15(13)16(14,3)4/h5-10H,1H2,2-4H3/b7-6-. The highest BCUT2D eigenvalue weighted by atomic mass is 79.9. The van der Waals surface area contributed by atoms with E-state index in [0.717, 1.165) is 4.47 Å². The lowest BCUT2D eigenvalue weighted by molar-refractivity contribution is 0.653. The van der Waals surface area contributed by atoms with Crippen LogP contribution in [0.25, 0.3) is 5.57 Å². The van der Waals surface area contributed by atoms with Gasteiger partial charge in [-0.15, -0.1) is 0 Å². The smallest absolute Gasteiger partial charge is 0.0178 e. The molecule has 1 aliphatic carbocycles. The van der Waals surface area contributed by atoms with Gasteiger partial charge in [0, 0.05) is 9.89 Å². The maximum absolute atomic E-state index is 3.74. The fraction of sp³-hybridized carbons (Fsp3) is 0.250. The zero-order valence-corrected chi connectivity index (χ0v) is 12.1. The van der Waals surface area contributed by atoms with Crippen molar-refractivity contribution in [2.24, 2.45) is 0 Å². The van der Waals surface area contributed by atoms with Crippen LogP contribution >= 0.6 is 15.9 Å². The van der Waals surface area contributed by atoms with E-state index in [1.54, 1.807) is 0 Å². The molecule has 1 aromatic carbocycles. The molecule has 0 unspecified atom stereocenters. The van der Waals surface area contributed by atoms with Crippen molar-refractivity contribution in [2.75, 3.05) is 0 Å². The van der Waals surface area contributed by atoms with Crippen LogP contribution in [0.4, 0.5) is 0 Å². The zero-order chi connectivity index (χ0) is 12.6. The number of allylic oxidation sites excluding steroid dienone is 5. The Labute approximate surface area is 112 Å². The van der Waals surface area contributed by atoms with Gasteiger partial charge in [0.1, 0.15) is 0 Å². The van der Waals surface area contributed by atoms with Crippen LogP contribution in [0.5, 0.6) is 0 Å². The number of benzene rings is 1. The van der Waals surface area contributed by atoms with Gasteiger partial charge in [-0.1, -0.05) is 60.7 Å². The summed E-state index contributed by atoms with van der Waals surface area (Å²) in [5.74, 6) is 0. The molecule has 0 saturated heterocycles. The van der Waals surface area contributed by atoms with Crippen LogP contribution in [0.15, 0.2) is 53.1 Å². The fourth-order valence-electron chi connectivity index (χ4n) is 2.62. The highest BCUT2D eigenvalue weighted by molar-refractivity contribution is 9.10. The molecule has 0 bridgehead atoms. The molecule has 1 aromatic rings. The average Bonchev–Trinajstić information content (AvgIpc) is 2.45. The second-order valence-corrected chi connectivity index (χ2v) is 5.86. The van der Waals surface area contributed by atoms with Crippen LogP contribution in [0, 0.1) is 0 Å². The third-order valence-corrected chi connectivity index (χ3v) is 4.03. The van der Waals surface area contributed by atoms with Gasteiger partial charge in [0.2, 0.25) is 0 Å². The quantitative estimate of drug-likeness (QED) is 0.652. The maximum Gasteiger partial charge on any atom is 0.0178 e. The Morgan fingerprint density at radius 2 is 2.00 bits per heavy atom. The highest BCUT2D eigenvalue weighted by Crippen LogP contribution is 2.47. The number of hydrogen-bond donors (Lipinski definition) is 0. The highest BCUT2D eigenvalue weighted by Gasteiger charge is 2.34. The van der Waals surface area contributed by atoms with Crippen molar-refractivity contribution < 1.29 is 0 Å². The van der Waals surface area contributed by atoms with Gasteiger partial charge in [-0.3, -0.25) is 0 Å². The number of fused-ring (bicyclic) bond motifs is 1. The predicted molar refractivity (Wildman–Crippen MR) is 79.1 cm³/mol. The third kappa shape index (κ3) is 1.93. The molecule has 2 rings (SSSR count). The number of hydrogen-bond acceptors (Lipinski definition) is 0. The minimum Gasteiger partial charge on any atom is -0.0991 e.